The largest absolute Gasteiger partial charge is 0.490 e. The van der Waals surface area contributed by atoms with Gasteiger partial charge in [0, 0.05) is 10.1 Å². The number of carbonyl (C=O) groups excluding carboxylic acids is 2. The number of rotatable bonds is 8. The molecule has 2 N–H and O–H groups in total. The van der Waals surface area contributed by atoms with Gasteiger partial charge in [0.1, 0.15) is 17.2 Å². The second kappa shape index (κ2) is 9.86. The second-order valence-corrected chi connectivity index (χ2v) is 7.32. The first-order valence-corrected chi connectivity index (χ1v) is 9.89. The van der Waals surface area contributed by atoms with Gasteiger partial charge in [0.25, 0.3) is 11.8 Å². The second-order valence-electron chi connectivity index (χ2n) is 5.89. The van der Waals surface area contributed by atoms with Gasteiger partial charge >= 0.3 is 0 Å². The Bertz CT molecular complexity index is 1080. The number of benzene rings is 2. The SMILES string of the molecule is C=CCOc1cccc(C=NNC(=O)CNC(=O)c2sc3ccccc3c2Cl)c1. The zero-order valence-corrected chi connectivity index (χ0v) is 16.9. The Labute approximate surface area is 176 Å². The zero-order valence-electron chi connectivity index (χ0n) is 15.4. The third kappa shape index (κ3) is 5.43. The lowest BCUT2D eigenvalue weighted by Gasteiger charge is -2.04. The summed E-state index contributed by atoms with van der Waals surface area (Å²) in [7, 11) is 0. The lowest BCUT2D eigenvalue weighted by Crippen LogP contribution is -2.34. The van der Waals surface area contributed by atoms with Crippen LogP contribution in [0, 0.1) is 0 Å². The summed E-state index contributed by atoms with van der Waals surface area (Å²) in [5.41, 5.74) is 3.13. The van der Waals surface area contributed by atoms with Crippen LogP contribution in [-0.2, 0) is 4.79 Å². The number of ether oxygens (including phenoxy) is 1. The van der Waals surface area contributed by atoms with Crippen LogP contribution in [0.1, 0.15) is 15.2 Å². The van der Waals surface area contributed by atoms with E-state index in [1.807, 2.05) is 42.5 Å². The number of nitrogens with one attached hydrogen (secondary N) is 2. The molecule has 2 aromatic carbocycles. The van der Waals surface area contributed by atoms with E-state index in [1.165, 1.54) is 17.6 Å². The Hall–Kier alpha value is -3.16. The molecule has 2 amide bonds. The highest BCUT2D eigenvalue weighted by molar-refractivity contribution is 7.21. The molecule has 0 spiro atoms. The summed E-state index contributed by atoms with van der Waals surface area (Å²) in [6.07, 6.45) is 3.14. The fourth-order valence-corrected chi connectivity index (χ4v) is 3.89. The molecule has 0 bridgehead atoms. The first-order valence-electron chi connectivity index (χ1n) is 8.69. The summed E-state index contributed by atoms with van der Waals surface area (Å²) in [5, 5.41) is 7.65. The first-order chi connectivity index (χ1) is 14.1. The van der Waals surface area contributed by atoms with E-state index in [0.717, 1.165) is 15.6 Å². The molecule has 0 atom stereocenters. The average molecular weight is 428 g/mol. The van der Waals surface area contributed by atoms with Gasteiger partial charge in [-0.1, -0.05) is 54.6 Å². The van der Waals surface area contributed by atoms with Crippen LogP contribution in [0.5, 0.6) is 5.75 Å². The predicted octanol–water partition coefficient (Wildman–Crippen LogP) is 4.00. The van der Waals surface area contributed by atoms with Crippen molar-refractivity contribution in [3.63, 3.8) is 0 Å². The molecule has 8 heteroatoms. The Morgan fingerprint density at radius 1 is 1.21 bits per heavy atom. The molecule has 29 heavy (non-hydrogen) atoms. The van der Waals surface area contributed by atoms with Crippen LogP contribution < -0.4 is 15.5 Å². The molecule has 1 aromatic heterocycles. The highest BCUT2D eigenvalue weighted by Crippen LogP contribution is 2.34. The lowest BCUT2D eigenvalue weighted by molar-refractivity contribution is -0.120. The maximum Gasteiger partial charge on any atom is 0.263 e. The van der Waals surface area contributed by atoms with Gasteiger partial charge in [-0.15, -0.1) is 11.3 Å². The molecule has 0 saturated carbocycles. The van der Waals surface area contributed by atoms with Gasteiger partial charge in [-0.25, -0.2) is 5.43 Å². The molecule has 1 heterocycles. The molecule has 0 unspecified atom stereocenters. The van der Waals surface area contributed by atoms with E-state index >= 15 is 0 Å². The zero-order chi connectivity index (χ0) is 20.6. The van der Waals surface area contributed by atoms with Crippen molar-refractivity contribution in [2.24, 2.45) is 5.10 Å². The maximum atomic E-state index is 12.3. The number of halogens is 1. The number of hydrogen-bond acceptors (Lipinski definition) is 5. The van der Waals surface area contributed by atoms with Crippen LogP contribution in [0.2, 0.25) is 5.02 Å². The normalized spacial score (nSPS) is 10.8. The van der Waals surface area contributed by atoms with Crippen LogP contribution in [0.15, 0.2) is 66.3 Å². The standard InChI is InChI=1S/C21H18ClN3O3S/c1-2-10-28-15-7-5-6-14(11-15)12-24-25-18(26)13-23-21(27)20-19(22)16-8-3-4-9-17(16)29-20/h2-9,11-12H,1,10,13H2,(H,23,27)(H,25,26). The first kappa shape index (κ1) is 20.6. The van der Waals surface area contributed by atoms with Gasteiger partial charge < -0.3 is 10.1 Å². The van der Waals surface area contributed by atoms with E-state index in [4.69, 9.17) is 16.3 Å². The molecule has 0 radical (unpaired) electrons. The van der Waals surface area contributed by atoms with Gasteiger partial charge in [0.05, 0.1) is 17.8 Å². The number of hydrazone groups is 1. The smallest absolute Gasteiger partial charge is 0.263 e. The monoisotopic (exact) mass is 427 g/mol. The summed E-state index contributed by atoms with van der Waals surface area (Å²) < 4.78 is 6.35. The summed E-state index contributed by atoms with van der Waals surface area (Å²) in [5.74, 6) is -0.180. The fraction of sp³-hybridized carbons (Fsp3) is 0.0952. The number of fused-ring (bicyclic) bond motifs is 1. The molecule has 0 fully saturated rings. The molecular weight excluding hydrogens is 410 g/mol. The van der Waals surface area contributed by atoms with Crippen molar-refractivity contribution in [1.82, 2.24) is 10.7 Å². The quantitative estimate of drug-likeness (QED) is 0.324. The van der Waals surface area contributed by atoms with Crippen LogP contribution in [0.4, 0.5) is 0 Å². The fourth-order valence-electron chi connectivity index (χ4n) is 2.46. The Morgan fingerprint density at radius 3 is 2.83 bits per heavy atom. The molecule has 0 aliphatic rings. The Balaban J connectivity index is 1.52. The minimum atomic E-state index is -0.453. The molecule has 0 saturated heterocycles. The molecule has 0 aliphatic carbocycles. The predicted molar refractivity (Wildman–Crippen MR) is 117 cm³/mol. The van der Waals surface area contributed by atoms with Gasteiger partial charge in [-0.3, -0.25) is 9.59 Å². The van der Waals surface area contributed by atoms with Crippen molar-refractivity contribution >= 4 is 51.1 Å². The minimum absolute atomic E-state index is 0.219. The maximum absolute atomic E-state index is 12.3. The van der Waals surface area contributed by atoms with Crippen molar-refractivity contribution < 1.29 is 14.3 Å². The summed E-state index contributed by atoms with van der Waals surface area (Å²) in [6.45, 7) is 3.78. The third-order valence-electron chi connectivity index (χ3n) is 3.78. The van der Waals surface area contributed by atoms with Crippen LogP contribution in [0.3, 0.4) is 0 Å². The van der Waals surface area contributed by atoms with Gasteiger partial charge in [0.2, 0.25) is 0 Å². The highest BCUT2D eigenvalue weighted by Gasteiger charge is 2.17. The number of thiophene rings is 1. The van der Waals surface area contributed by atoms with Crippen molar-refractivity contribution in [3.8, 4) is 5.75 Å². The number of hydrogen-bond donors (Lipinski definition) is 2. The highest BCUT2D eigenvalue weighted by atomic mass is 35.5. The van der Waals surface area contributed by atoms with E-state index in [1.54, 1.807) is 12.1 Å². The Morgan fingerprint density at radius 2 is 2.03 bits per heavy atom. The van der Waals surface area contributed by atoms with E-state index in [2.05, 4.69) is 22.4 Å². The summed E-state index contributed by atoms with van der Waals surface area (Å²) in [6, 6.07) is 14.7. The van der Waals surface area contributed by atoms with E-state index in [9.17, 15) is 9.59 Å². The Kier molecular flexibility index (Phi) is 6.99. The molecular formula is C21H18ClN3O3S. The van der Waals surface area contributed by atoms with E-state index in [-0.39, 0.29) is 6.54 Å². The summed E-state index contributed by atoms with van der Waals surface area (Å²) >= 11 is 7.56. The number of carbonyl (C=O) groups is 2. The van der Waals surface area contributed by atoms with Crippen molar-refractivity contribution in [1.29, 1.82) is 0 Å². The number of amides is 2. The van der Waals surface area contributed by atoms with Crippen LogP contribution in [-0.4, -0.2) is 31.2 Å². The average Bonchev–Trinajstić information content (AvgIpc) is 3.08. The molecule has 3 aromatic rings. The third-order valence-corrected chi connectivity index (χ3v) is 5.45. The molecule has 3 rings (SSSR count). The van der Waals surface area contributed by atoms with E-state index < -0.39 is 11.8 Å². The minimum Gasteiger partial charge on any atom is -0.490 e. The van der Waals surface area contributed by atoms with Crippen molar-refractivity contribution in [2.45, 2.75) is 0 Å². The van der Waals surface area contributed by atoms with E-state index in [0.29, 0.717) is 22.3 Å². The summed E-state index contributed by atoms with van der Waals surface area (Å²) in [4.78, 5) is 24.6. The van der Waals surface area contributed by atoms with Gasteiger partial charge in [-0.2, -0.15) is 5.10 Å². The molecule has 148 valence electrons. The van der Waals surface area contributed by atoms with Gasteiger partial charge in [-0.05, 0) is 23.8 Å². The topological polar surface area (TPSA) is 79.8 Å². The van der Waals surface area contributed by atoms with Crippen molar-refractivity contribution in [3.05, 3.63) is 76.6 Å². The van der Waals surface area contributed by atoms with Crippen LogP contribution >= 0.6 is 22.9 Å². The molecule has 0 aliphatic heterocycles. The van der Waals surface area contributed by atoms with Crippen LogP contribution in [0.25, 0.3) is 10.1 Å². The lowest BCUT2D eigenvalue weighted by atomic mass is 10.2. The van der Waals surface area contributed by atoms with Crippen molar-refractivity contribution in [2.75, 3.05) is 13.2 Å². The van der Waals surface area contributed by atoms with Gasteiger partial charge in [0.15, 0.2) is 0 Å². The molecule has 6 nitrogen and oxygen atoms in total. The number of nitrogens with zero attached hydrogens (tertiary/aromatic N) is 1.